The number of ketones is 1. The van der Waals surface area contributed by atoms with Gasteiger partial charge in [-0.3, -0.25) is 9.59 Å². The number of hydrogen-bond acceptors (Lipinski definition) is 2. The van der Waals surface area contributed by atoms with E-state index in [1.165, 1.54) is 24.8 Å². The molecule has 0 N–H and O–H groups in total. The van der Waals surface area contributed by atoms with Crippen molar-refractivity contribution in [3.8, 4) is 0 Å². The molecule has 1 spiro atoms. The summed E-state index contributed by atoms with van der Waals surface area (Å²) in [6, 6.07) is 0. The van der Waals surface area contributed by atoms with Gasteiger partial charge in [-0.25, -0.2) is 0 Å². The molecule has 1 radical (unpaired) electrons. The highest BCUT2D eigenvalue weighted by Crippen LogP contribution is 2.48. The van der Waals surface area contributed by atoms with Crippen LogP contribution in [0.25, 0.3) is 0 Å². The van der Waals surface area contributed by atoms with Gasteiger partial charge >= 0.3 is 0 Å². The van der Waals surface area contributed by atoms with Crippen LogP contribution in [0.2, 0.25) is 0 Å². The Bertz CT molecular complexity index is 578. The van der Waals surface area contributed by atoms with E-state index in [1.807, 2.05) is 24.3 Å². The van der Waals surface area contributed by atoms with Crippen molar-refractivity contribution >= 4 is 11.7 Å². The zero-order valence-electron chi connectivity index (χ0n) is 12.7. The van der Waals surface area contributed by atoms with E-state index in [0.29, 0.717) is 5.91 Å². The molecule has 3 aliphatic carbocycles. The smallest absolute Gasteiger partial charge is 0.233 e. The van der Waals surface area contributed by atoms with Gasteiger partial charge in [-0.05, 0) is 32.6 Å². The second-order valence-electron chi connectivity index (χ2n) is 7.07. The largest absolute Gasteiger partial charge is 0.315 e. The van der Waals surface area contributed by atoms with Gasteiger partial charge in [-0.1, -0.05) is 30.9 Å². The normalized spacial score (nSPS) is 31.4. The summed E-state index contributed by atoms with van der Waals surface area (Å²) >= 11 is 0. The molecule has 3 nitrogen and oxygen atoms in total. The summed E-state index contributed by atoms with van der Waals surface area (Å²) in [6.07, 6.45) is 11.5. The predicted octanol–water partition coefficient (Wildman–Crippen LogP) is 3.18. The van der Waals surface area contributed by atoms with E-state index < -0.39 is 0 Å². The zero-order chi connectivity index (χ0) is 14.6. The van der Waals surface area contributed by atoms with Crippen LogP contribution < -0.4 is 0 Å². The number of fused-ring (bicyclic) bond motifs is 1. The van der Waals surface area contributed by atoms with Gasteiger partial charge in [0.2, 0.25) is 5.91 Å². The lowest BCUT2D eigenvalue weighted by Crippen LogP contribution is -2.39. The molecule has 1 amide bonds. The Kier molecular flexibility index (Phi) is 2.88. The van der Waals surface area contributed by atoms with Crippen LogP contribution in [0.15, 0.2) is 22.9 Å². The third-order valence-corrected chi connectivity index (χ3v) is 6.01. The van der Waals surface area contributed by atoms with Crippen LogP contribution in [-0.2, 0) is 9.59 Å². The fourth-order valence-corrected chi connectivity index (χ4v) is 4.52. The number of likely N-dealkylation sites (tertiary alicyclic amines) is 1. The van der Waals surface area contributed by atoms with Gasteiger partial charge in [0, 0.05) is 24.2 Å². The standard InChI is InChI=1S/C18H22NO2/c1-12-15(11-13-5-6-14(13)16(12)20)19-10-9-18(17(19)21)7-3-2-4-8-18/h5-6,14H,2-4,7-11H2,1H3. The molecule has 21 heavy (non-hydrogen) atoms. The molecule has 0 aromatic rings. The van der Waals surface area contributed by atoms with E-state index in [-0.39, 0.29) is 17.1 Å². The minimum atomic E-state index is -0.106. The Balaban J connectivity index is 1.64. The monoisotopic (exact) mass is 284 g/mol. The highest BCUT2D eigenvalue weighted by molar-refractivity contribution is 6.03. The van der Waals surface area contributed by atoms with E-state index in [1.54, 1.807) is 0 Å². The number of Topliss-reactive ketones (excluding diaryl/α,β-unsaturated/α-hetero) is 1. The Morgan fingerprint density at radius 2 is 1.90 bits per heavy atom. The maximum atomic E-state index is 13.0. The maximum Gasteiger partial charge on any atom is 0.233 e. The second-order valence-corrected chi connectivity index (χ2v) is 7.07. The molecule has 1 atom stereocenters. The van der Waals surface area contributed by atoms with Crippen molar-refractivity contribution < 1.29 is 9.59 Å². The Labute approximate surface area is 126 Å². The van der Waals surface area contributed by atoms with Crippen molar-refractivity contribution in [3.05, 3.63) is 29.3 Å². The molecule has 0 aromatic carbocycles. The Hall–Kier alpha value is -1.38. The molecule has 1 unspecified atom stereocenters. The summed E-state index contributed by atoms with van der Waals surface area (Å²) in [5.74, 6) is 0.507. The van der Waals surface area contributed by atoms with Gasteiger partial charge in [0.05, 0.1) is 11.3 Å². The molecule has 1 saturated heterocycles. The molecule has 1 aliphatic heterocycles. The number of nitrogens with zero attached hydrogens (tertiary/aromatic N) is 1. The van der Waals surface area contributed by atoms with E-state index in [4.69, 9.17) is 0 Å². The highest BCUT2D eigenvalue weighted by Gasteiger charge is 2.49. The lowest BCUT2D eigenvalue weighted by atomic mass is 9.72. The van der Waals surface area contributed by atoms with Crippen molar-refractivity contribution in [1.29, 1.82) is 0 Å². The lowest BCUT2D eigenvalue weighted by Gasteiger charge is -2.37. The SMILES string of the molecule is CC1=C(N2CCC3(CCCCC3)C2=O)CC2=C[CH]C2C1=O. The Morgan fingerprint density at radius 3 is 2.57 bits per heavy atom. The van der Waals surface area contributed by atoms with Gasteiger partial charge in [-0.2, -0.15) is 0 Å². The van der Waals surface area contributed by atoms with E-state index in [2.05, 4.69) is 0 Å². The summed E-state index contributed by atoms with van der Waals surface area (Å²) < 4.78 is 0. The van der Waals surface area contributed by atoms with E-state index in [9.17, 15) is 9.59 Å². The average Bonchev–Trinajstić information content (AvgIpc) is 2.75. The molecule has 3 heteroatoms. The van der Waals surface area contributed by atoms with Gasteiger partial charge in [0.25, 0.3) is 0 Å². The number of hydrogen-bond donors (Lipinski definition) is 0. The van der Waals surface area contributed by atoms with Crippen LogP contribution in [0.5, 0.6) is 0 Å². The molecule has 0 bridgehead atoms. The van der Waals surface area contributed by atoms with Crippen LogP contribution in [0.1, 0.15) is 51.9 Å². The first-order chi connectivity index (χ1) is 10.1. The summed E-state index contributed by atoms with van der Waals surface area (Å²) in [5.41, 5.74) is 2.89. The third kappa shape index (κ3) is 1.79. The van der Waals surface area contributed by atoms with Gasteiger partial charge in [0.15, 0.2) is 5.78 Å². The molecular formula is C18H22NO2. The first-order valence-electron chi connectivity index (χ1n) is 8.22. The molecular weight excluding hydrogens is 262 g/mol. The van der Waals surface area contributed by atoms with Crippen molar-refractivity contribution in [2.24, 2.45) is 11.3 Å². The maximum absolute atomic E-state index is 13.0. The number of amides is 1. The summed E-state index contributed by atoms with van der Waals surface area (Å²) in [5, 5.41) is 0. The second kappa shape index (κ2) is 4.56. The third-order valence-electron chi connectivity index (χ3n) is 6.01. The fraction of sp³-hybridized carbons (Fsp3) is 0.611. The lowest BCUT2D eigenvalue weighted by molar-refractivity contribution is -0.136. The molecule has 1 saturated carbocycles. The summed E-state index contributed by atoms with van der Waals surface area (Å²) in [7, 11) is 0. The zero-order valence-corrected chi connectivity index (χ0v) is 12.7. The molecule has 4 rings (SSSR count). The first-order valence-corrected chi connectivity index (χ1v) is 8.22. The van der Waals surface area contributed by atoms with Crippen molar-refractivity contribution in [2.45, 2.75) is 51.9 Å². The predicted molar refractivity (Wildman–Crippen MR) is 80.0 cm³/mol. The van der Waals surface area contributed by atoms with Crippen molar-refractivity contribution in [2.75, 3.05) is 6.54 Å². The van der Waals surface area contributed by atoms with Crippen LogP contribution >= 0.6 is 0 Å². The Morgan fingerprint density at radius 1 is 1.14 bits per heavy atom. The number of carbonyl (C=O) groups excluding carboxylic acids is 2. The molecule has 2 fully saturated rings. The first kappa shape index (κ1) is 13.3. The van der Waals surface area contributed by atoms with Gasteiger partial charge in [-0.15, -0.1) is 0 Å². The van der Waals surface area contributed by atoms with E-state index in [0.717, 1.165) is 43.5 Å². The fourth-order valence-electron chi connectivity index (χ4n) is 4.52. The minimum absolute atomic E-state index is 0.00935. The molecule has 111 valence electrons. The van der Waals surface area contributed by atoms with Gasteiger partial charge < -0.3 is 4.90 Å². The van der Waals surface area contributed by atoms with Crippen LogP contribution in [0.3, 0.4) is 0 Å². The number of carbonyl (C=O) groups is 2. The van der Waals surface area contributed by atoms with Crippen molar-refractivity contribution in [3.63, 3.8) is 0 Å². The topological polar surface area (TPSA) is 37.4 Å². The minimum Gasteiger partial charge on any atom is -0.315 e. The van der Waals surface area contributed by atoms with Crippen molar-refractivity contribution in [1.82, 2.24) is 4.90 Å². The van der Waals surface area contributed by atoms with Crippen LogP contribution in [-0.4, -0.2) is 23.1 Å². The van der Waals surface area contributed by atoms with Crippen LogP contribution in [0.4, 0.5) is 0 Å². The highest BCUT2D eigenvalue weighted by atomic mass is 16.2. The van der Waals surface area contributed by atoms with Gasteiger partial charge in [0.1, 0.15) is 0 Å². The number of rotatable bonds is 1. The molecule has 1 heterocycles. The molecule has 4 aliphatic rings. The van der Waals surface area contributed by atoms with E-state index >= 15 is 0 Å². The van der Waals surface area contributed by atoms with Crippen LogP contribution in [0, 0.1) is 17.8 Å². The summed E-state index contributed by atoms with van der Waals surface area (Å²) in [4.78, 5) is 27.3. The average molecular weight is 284 g/mol. The molecule has 0 aromatic heterocycles. The number of allylic oxidation sites excluding steroid dienone is 3. The summed E-state index contributed by atoms with van der Waals surface area (Å²) in [6.45, 7) is 2.71. The quantitative estimate of drug-likeness (QED) is 0.741.